The van der Waals surface area contributed by atoms with Gasteiger partial charge in [-0.2, -0.15) is 0 Å². The van der Waals surface area contributed by atoms with Crippen LogP contribution in [0.2, 0.25) is 5.02 Å². The number of halogens is 1. The van der Waals surface area contributed by atoms with Gasteiger partial charge in [-0.1, -0.05) is 36.7 Å². The first-order valence-corrected chi connectivity index (χ1v) is 10.2. The molecule has 1 fully saturated rings. The van der Waals surface area contributed by atoms with Crippen LogP contribution in [0.3, 0.4) is 0 Å². The molecule has 8 heteroatoms. The minimum atomic E-state index is 0.495. The van der Waals surface area contributed by atoms with Gasteiger partial charge in [0.2, 0.25) is 0 Å². The van der Waals surface area contributed by atoms with Crippen molar-refractivity contribution in [2.24, 2.45) is 10.9 Å². The number of hydrogen-bond acceptors (Lipinski definition) is 4. The molecule has 1 aliphatic heterocycles. The third-order valence-electron chi connectivity index (χ3n) is 4.90. The molecular weight excluding hydrogens is 376 g/mol. The van der Waals surface area contributed by atoms with Crippen LogP contribution in [-0.4, -0.2) is 59.0 Å². The van der Waals surface area contributed by atoms with Crippen LogP contribution in [0.5, 0.6) is 0 Å². The van der Waals surface area contributed by atoms with E-state index in [0.29, 0.717) is 12.5 Å². The lowest BCUT2D eigenvalue weighted by molar-refractivity contribution is 0.187. The number of benzene rings is 1. The fourth-order valence-electron chi connectivity index (χ4n) is 3.24. The fourth-order valence-corrected chi connectivity index (χ4v) is 3.43. The van der Waals surface area contributed by atoms with Crippen LogP contribution >= 0.6 is 11.6 Å². The van der Waals surface area contributed by atoms with Gasteiger partial charge < -0.3 is 19.5 Å². The SMILES string of the molecule is CCc1nncn1CCNC(=NCC1CCOC1)N(C)Cc1ccccc1Cl. The van der Waals surface area contributed by atoms with Gasteiger partial charge in [-0.25, -0.2) is 0 Å². The van der Waals surface area contributed by atoms with Gasteiger partial charge in [-0.15, -0.1) is 10.2 Å². The Bertz CT molecular complexity index is 772. The molecule has 28 heavy (non-hydrogen) atoms. The molecule has 1 aromatic carbocycles. The maximum Gasteiger partial charge on any atom is 0.194 e. The van der Waals surface area contributed by atoms with Crippen molar-refractivity contribution in [2.75, 3.05) is 33.4 Å². The van der Waals surface area contributed by atoms with Crippen molar-refractivity contribution in [3.8, 4) is 0 Å². The van der Waals surface area contributed by atoms with Crippen molar-refractivity contribution in [1.82, 2.24) is 25.0 Å². The first-order valence-electron chi connectivity index (χ1n) is 9.84. The van der Waals surface area contributed by atoms with E-state index in [1.165, 1.54) is 0 Å². The summed E-state index contributed by atoms with van der Waals surface area (Å²) in [4.78, 5) is 6.98. The predicted octanol–water partition coefficient (Wildman–Crippen LogP) is 2.61. The van der Waals surface area contributed by atoms with Crippen molar-refractivity contribution in [3.63, 3.8) is 0 Å². The summed E-state index contributed by atoms with van der Waals surface area (Å²) >= 11 is 6.34. The van der Waals surface area contributed by atoms with Crippen molar-refractivity contribution in [1.29, 1.82) is 0 Å². The molecule has 0 spiro atoms. The van der Waals surface area contributed by atoms with Crippen molar-refractivity contribution < 1.29 is 4.74 Å². The highest BCUT2D eigenvalue weighted by atomic mass is 35.5. The van der Waals surface area contributed by atoms with E-state index in [1.54, 1.807) is 6.33 Å². The van der Waals surface area contributed by atoms with Gasteiger partial charge in [0, 0.05) is 57.2 Å². The molecule has 7 nitrogen and oxygen atoms in total. The van der Waals surface area contributed by atoms with Crippen molar-refractivity contribution in [2.45, 2.75) is 32.9 Å². The van der Waals surface area contributed by atoms with Gasteiger partial charge in [0.1, 0.15) is 12.2 Å². The summed E-state index contributed by atoms with van der Waals surface area (Å²) in [6, 6.07) is 7.92. The molecule has 0 saturated carbocycles. The van der Waals surface area contributed by atoms with Crippen molar-refractivity contribution >= 4 is 17.6 Å². The zero-order chi connectivity index (χ0) is 19.8. The van der Waals surface area contributed by atoms with Crippen LogP contribution < -0.4 is 5.32 Å². The van der Waals surface area contributed by atoms with E-state index >= 15 is 0 Å². The molecule has 152 valence electrons. The lowest BCUT2D eigenvalue weighted by Crippen LogP contribution is -2.40. The van der Waals surface area contributed by atoms with Crippen LogP contribution in [0.4, 0.5) is 0 Å². The molecule has 0 amide bonds. The largest absolute Gasteiger partial charge is 0.381 e. The van der Waals surface area contributed by atoms with E-state index in [1.807, 2.05) is 31.3 Å². The Labute approximate surface area is 171 Å². The smallest absolute Gasteiger partial charge is 0.194 e. The monoisotopic (exact) mass is 404 g/mol. The maximum absolute atomic E-state index is 6.34. The quantitative estimate of drug-likeness (QED) is 0.541. The van der Waals surface area contributed by atoms with E-state index in [2.05, 4.69) is 31.9 Å². The Balaban J connectivity index is 1.63. The highest BCUT2D eigenvalue weighted by Crippen LogP contribution is 2.17. The summed E-state index contributed by atoms with van der Waals surface area (Å²) in [7, 11) is 2.04. The number of aliphatic imine (C=N–C) groups is 1. The zero-order valence-electron chi connectivity index (χ0n) is 16.6. The minimum absolute atomic E-state index is 0.495. The summed E-state index contributed by atoms with van der Waals surface area (Å²) in [5, 5.41) is 12.4. The summed E-state index contributed by atoms with van der Waals surface area (Å²) in [6.45, 7) is 6.72. The molecule has 0 bridgehead atoms. The normalized spacial score (nSPS) is 17.1. The summed E-state index contributed by atoms with van der Waals surface area (Å²) < 4.78 is 7.55. The number of rotatable bonds is 8. The Morgan fingerprint density at radius 2 is 2.29 bits per heavy atom. The molecule has 0 aliphatic carbocycles. The molecule has 3 rings (SSSR count). The Morgan fingerprint density at radius 3 is 3.04 bits per heavy atom. The van der Waals surface area contributed by atoms with Crippen LogP contribution in [-0.2, 0) is 24.2 Å². The molecule has 1 aromatic heterocycles. The molecule has 1 unspecified atom stereocenters. The topological polar surface area (TPSA) is 67.6 Å². The van der Waals surface area contributed by atoms with Gasteiger partial charge >= 0.3 is 0 Å². The van der Waals surface area contributed by atoms with E-state index in [-0.39, 0.29) is 0 Å². The number of aromatic nitrogens is 3. The highest BCUT2D eigenvalue weighted by Gasteiger charge is 2.16. The van der Waals surface area contributed by atoms with Gasteiger partial charge in [0.05, 0.1) is 6.61 Å². The third-order valence-corrected chi connectivity index (χ3v) is 5.27. The van der Waals surface area contributed by atoms with Crippen LogP contribution in [0.15, 0.2) is 35.6 Å². The van der Waals surface area contributed by atoms with Crippen LogP contribution in [0.1, 0.15) is 24.7 Å². The van der Waals surface area contributed by atoms with Gasteiger partial charge in [-0.05, 0) is 18.1 Å². The lowest BCUT2D eigenvalue weighted by atomic mass is 10.1. The minimum Gasteiger partial charge on any atom is -0.381 e. The molecule has 1 atom stereocenters. The van der Waals surface area contributed by atoms with E-state index in [9.17, 15) is 0 Å². The molecule has 1 N–H and O–H groups in total. The number of nitrogens with zero attached hydrogens (tertiary/aromatic N) is 5. The summed E-state index contributed by atoms with van der Waals surface area (Å²) in [5.74, 6) is 2.36. The summed E-state index contributed by atoms with van der Waals surface area (Å²) in [5.41, 5.74) is 1.08. The zero-order valence-corrected chi connectivity index (χ0v) is 17.4. The molecule has 2 heterocycles. The number of nitrogens with one attached hydrogen (secondary N) is 1. The van der Waals surface area contributed by atoms with E-state index in [4.69, 9.17) is 21.3 Å². The lowest BCUT2D eigenvalue weighted by Gasteiger charge is -2.24. The first kappa shape index (κ1) is 20.6. The maximum atomic E-state index is 6.34. The predicted molar refractivity (Wildman–Crippen MR) is 112 cm³/mol. The standard InChI is InChI=1S/C20H29ClN6O/c1-3-19-25-24-15-27(19)10-9-22-20(23-12-16-8-11-28-14-16)26(2)13-17-6-4-5-7-18(17)21/h4-7,15-16H,3,8-14H2,1-2H3,(H,22,23). The molecule has 0 radical (unpaired) electrons. The van der Waals surface area contributed by atoms with Gasteiger partial charge in [0.25, 0.3) is 0 Å². The Morgan fingerprint density at radius 1 is 1.43 bits per heavy atom. The van der Waals surface area contributed by atoms with E-state index < -0.39 is 0 Å². The second-order valence-corrected chi connectivity index (χ2v) is 7.47. The van der Waals surface area contributed by atoms with Crippen molar-refractivity contribution in [3.05, 3.63) is 47.0 Å². The Kier molecular flexibility index (Phi) is 7.68. The molecular formula is C20H29ClN6O. The molecule has 2 aromatic rings. The fraction of sp³-hybridized carbons (Fsp3) is 0.550. The number of hydrogen-bond donors (Lipinski definition) is 1. The molecule has 1 saturated heterocycles. The number of aryl methyl sites for hydroxylation is 1. The average molecular weight is 405 g/mol. The van der Waals surface area contributed by atoms with Crippen LogP contribution in [0.25, 0.3) is 0 Å². The second-order valence-electron chi connectivity index (χ2n) is 7.06. The number of guanidine groups is 1. The first-order chi connectivity index (χ1) is 13.7. The van der Waals surface area contributed by atoms with Gasteiger partial charge in [-0.3, -0.25) is 4.99 Å². The summed E-state index contributed by atoms with van der Waals surface area (Å²) in [6.07, 6.45) is 3.72. The third kappa shape index (κ3) is 5.69. The Hall–Kier alpha value is -2.12. The average Bonchev–Trinajstić information content (AvgIpc) is 3.37. The second kappa shape index (κ2) is 10.4. The van der Waals surface area contributed by atoms with E-state index in [0.717, 1.165) is 68.1 Å². The highest BCUT2D eigenvalue weighted by molar-refractivity contribution is 6.31. The van der Waals surface area contributed by atoms with Gasteiger partial charge in [0.15, 0.2) is 5.96 Å². The van der Waals surface area contributed by atoms with Crippen LogP contribution in [0, 0.1) is 5.92 Å². The number of ether oxygens (including phenoxy) is 1. The molecule has 1 aliphatic rings.